The monoisotopic (exact) mass is 260 g/mol. The van der Waals surface area contributed by atoms with Gasteiger partial charge in [-0.05, 0) is 31.0 Å². The molecule has 2 aromatic rings. The largest absolute Gasteiger partial charge is 0.465 e. The van der Waals surface area contributed by atoms with Crippen molar-refractivity contribution >= 4 is 17.0 Å². The molecule has 5 nitrogen and oxygen atoms in total. The van der Waals surface area contributed by atoms with Gasteiger partial charge in [-0.25, -0.2) is 9.78 Å². The summed E-state index contributed by atoms with van der Waals surface area (Å²) < 4.78 is 12.3. The van der Waals surface area contributed by atoms with Gasteiger partial charge in [-0.15, -0.1) is 0 Å². The highest BCUT2D eigenvalue weighted by Gasteiger charge is 2.43. The summed E-state index contributed by atoms with van der Waals surface area (Å²) in [5, 5.41) is 0. The first-order valence-electron chi connectivity index (χ1n) is 6.26. The lowest BCUT2D eigenvalue weighted by Crippen LogP contribution is -2.19. The molecular formula is C14H16N2O3. The van der Waals surface area contributed by atoms with Crippen molar-refractivity contribution in [3.05, 3.63) is 30.1 Å². The number of hydrogen-bond acceptors (Lipinski definition) is 4. The number of rotatable bonds is 4. The minimum Gasteiger partial charge on any atom is -0.465 e. The highest BCUT2D eigenvalue weighted by molar-refractivity contribution is 5.93. The van der Waals surface area contributed by atoms with Crippen molar-refractivity contribution in [2.75, 3.05) is 14.2 Å². The van der Waals surface area contributed by atoms with Crippen LogP contribution in [-0.2, 0) is 16.0 Å². The Hall–Kier alpha value is -1.88. The molecule has 0 radical (unpaired) electrons. The summed E-state index contributed by atoms with van der Waals surface area (Å²) in [4.78, 5) is 15.9. The quantitative estimate of drug-likeness (QED) is 0.789. The lowest BCUT2D eigenvalue weighted by atomic mass is 10.2. The number of methoxy groups -OCH3 is 2. The summed E-state index contributed by atoms with van der Waals surface area (Å²) >= 11 is 0. The smallest absolute Gasteiger partial charge is 0.337 e. The second kappa shape index (κ2) is 4.35. The second-order valence-corrected chi connectivity index (χ2v) is 4.95. The number of nitrogens with zero attached hydrogens (tertiary/aromatic N) is 2. The molecule has 5 heteroatoms. The molecule has 1 aliphatic rings. The first-order valence-corrected chi connectivity index (χ1v) is 6.26. The third kappa shape index (κ3) is 2.10. The fourth-order valence-electron chi connectivity index (χ4n) is 2.30. The Kier molecular flexibility index (Phi) is 2.78. The van der Waals surface area contributed by atoms with Crippen LogP contribution >= 0.6 is 0 Å². The lowest BCUT2D eigenvalue weighted by Gasteiger charge is -2.14. The molecule has 1 saturated carbocycles. The van der Waals surface area contributed by atoms with Gasteiger partial charge < -0.3 is 14.0 Å². The van der Waals surface area contributed by atoms with Crippen LogP contribution in [0.1, 0.15) is 23.2 Å². The van der Waals surface area contributed by atoms with Crippen molar-refractivity contribution < 1.29 is 14.3 Å². The van der Waals surface area contributed by atoms with Crippen LogP contribution in [0.3, 0.4) is 0 Å². The topological polar surface area (TPSA) is 53.3 Å². The van der Waals surface area contributed by atoms with Gasteiger partial charge in [0.15, 0.2) is 0 Å². The van der Waals surface area contributed by atoms with E-state index in [0.717, 1.165) is 30.4 Å². The van der Waals surface area contributed by atoms with Crippen molar-refractivity contribution in [2.45, 2.75) is 25.0 Å². The maximum Gasteiger partial charge on any atom is 0.337 e. The van der Waals surface area contributed by atoms with E-state index in [4.69, 9.17) is 9.47 Å². The Balaban J connectivity index is 1.98. The minimum absolute atomic E-state index is 0.0467. The molecule has 0 atom stereocenters. The van der Waals surface area contributed by atoms with Gasteiger partial charge in [0.05, 0.1) is 42.2 Å². The zero-order chi connectivity index (χ0) is 13.5. The average molecular weight is 260 g/mol. The minimum atomic E-state index is -0.331. The first kappa shape index (κ1) is 12.2. The van der Waals surface area contributed by atoms with E-state index in [1.165, 1.54) is 7.11 Å². The molecular weight excluding hydrogens is 244 g/mol. The molecule has 1 fully saturated rings. The third-order valence-electron chi connectivity index (χ3n) is 3.74. The second-order valence-electron chi connectivity index (χ2n) is 4.95. The van der Waals surface area contributed by atoms with E-state index in [1.54, 1.807) is 19.5 Å². The molecule has 1 aromatic heterocycles. The van der Waals surface area contributed by atoms with Crippen molar-refractivity contribution in [1.29, 1.82) is 0 Å². The van der Waals surface area contributed by atoms with Crippen molar-refractivity contribution in [2.24, 2.45) is 0 Å². The summed E-state index contributed by atoms with van der Waals surface area (Å²) in [5.74, 6) is -0.331. The number of carbonyl (C=O) groups is 1. The Bertz CT molecular complexity index is 629. The maximum atomic E-state index is 11.6. The van der Waals surface area contributed by atoms with Gasteiger partial charge in [0.25, 0.3) is 0 Å². The summed E-state index contributed by atoms with van der Waals surface area (Å²) in [6, 6.07) is 5.39. The zero-order valence-electron chi connectivity index (χ0n) is 11.0. The molecule has 0 aliphatic heterocycles. The number of imidazole rings is 1. The standard InChI is InChI=1S/C14H16N2O3/c1-18-13(17)10-3-4-11-12(7-10)16(9-15-11)8-14(19-2)5-6-14/h3-4,7,9H,5-6,8H2,1-2H3. The lowest BCUT2D eigenvalue weighted by molar-refractivity contribution is 0.0601. The molecule has 1 aliphatic carbocycles. The molecule has 0 amide bonds. The predicted molar refractivity (Wildman–Crippen MR) is 70.0 cm³/mol. The summed E-state index contributed by atoms with van der Waals surface area (Å²) in [7, 11) is 3.12. The number of aromatic nitrogens is 2. The van der Waals surface area contributed by atoms with Crippen molar-refractivity contribution in [3.63, 3.8) is 0 Å². The van der Waals surface area contributed by atoms with Crippen LogP contribution in [0.2, 0.25) is 0 Å². The molecule has 100 valence electrons. The highest BCUT2D eigenvalue weighted by atomic mass is 16.5. The van der Waals surface area contributed by atoms with Crippen LogP contribution in [0.15, 0.2) is 24.5 Å². The van der Waals surface area contributed by atoms with Crippen LogP contribution in [-0.4, -0.2) is 35.3 Å². The van der Waals surface area contributed by atoms with Crippen LogP contribution in [0.5, 0.6) is 0 Å². The van der Waals surface area contributed by atoms with Crippen molar-refractivity contribution in [1.82, 2.24) is 9.55 Å². The molecule has 0 N–H and O–H groups in total. The van der Waals surface area contributed by atoms with E-state index in [1.807, 2.05) is 16.7 Å². The Morgan fingerprint density at radius 3 is 2.84 bits per heavy atom. The number of esters is 1. The SMILES string of the molecule is COC(=O)c1ccc2ncn(CC3(OC)CC3)c2c1. The molecule has 0 spiro atoms. The normalized spacial score (nSPS) is 16.5. The van der Waals surface area contributed by atoms with Crippen LogP contribution < -0.4 is 0 Å². The van der Waals surface area contributed by atoms with Gasteiger partial charge in [-0.2, -0.15) is 0 Å². The van der Waals surface area contributed by atoms with E-state index in [-0.39, 0.29) is 11.6 Å². The van der Waals surface area contributed by atoms with Crippen LogP contribution in [0.25, 0.3) is 11.0 Å². The average Bonchev–Trinajstić information content (AvgIpc) is 3.12. The van der Waals surface area contributed by atoms with Gasteiger partial charge in [-0.1, -0.05) is 0 Å². The summed E-state index contributed by atoms with van der Waals surface area (Å²) in [6.07, 6.45) is 3.94. The van der Waals surface area contributed by atoms with E-state index < -0.39 is 0 Å². The molecule has 1 aromatic carbocycles. The number of fused-ring (bicyclic) bond motifs is 1. The Labute approximate surface area is 111 Å². The first-order chi connectivity index (χ1) is 9.17. The molecule has 0 saturated heterocycles. The number of ether oxygens (including phenoxy) is 2. The third-order valence-corrected chi connectivity index (χ3v) is 3.74. The van der Waals surface area contributed by atoms with Gasteiger partial charge in [0, 0.05) is 7.11 Å². The highest BCUT2D eigenvalue weighted by Crippen LogP contribution is 2.40. The maximum absolute atomic E-state index is 11.6. The van der Waals surface area contributed by atoms with Crippen LogP contribution in [0.4, 0.5) is 0 Å². The van der Waals surface area contributed by atoms with Gasteiger partial charge in [0.2, 0.25) is 0 Å². The molecule has 0 bridgehead atoms. The summed E-state index contributed by atoms with van der Waals surface area (Å²) in [6.45, 7) is 0.768. The number of hydrogen-bond donors (Lipinski definition) is 0. The molecule has 3 rings (SSSR count). The van der Waals surface area contributed by atoms with E-state index >= 15 is 0 Å². The summed E-state index contributed by atoms with van der Waals surface area (Å²) in [5.41, 5.74) is 2.30. The van der Waals surface area contributed by atoms with Gasteiger partial charge in [0.1, 0.15) is 0 Å². The Morgan fingerprint density at radius 1 is 1.42 bits per heavy atom. The van der Waals surface area contributed by atoms with E-state index in [9.17, 15) is 4.79 Å². The van der Waals surface area contributed by atoms with E-state index in [2.05, 4.69) is 4.98 Å². The Morgan fingerprint density at radius 2 is 2.21 bits per heavy atom. The fourth-order valence-corrected chi connectivity index (χ4v) is 2.30. The number of carbonyl (C=O) groups excluding carboxylic acids is 1. The number of benzene rings is 1. The molecule has 0 unspecified atom stereocenters. The zero-order valence-corrected chi connectivity index (χ0v) is 11.0. The predicted octanol–water partition coefficient (Wildman–Crippen LogP) is 2.00. The van der Waals surface area contributed by atoms with E-state index in [0.29, 0.717) is 5.56 Å². The van der Waals surface area contributed by atoms with Gasteiger partial charge in [-0.3, -0.25) is 0 Å². The molecule has 19 heavy (non-hydrogen) atoms. The van der Waals surface area contributed by atoms with Crippen LogP contribution in [0, 0.1) is 0 Å². The fraction of sp³-hybridized carbons (Fsp3) is 0.429. The molecule has 1 heterocycles. The van der Waals surface area contributed by atoms with Gasteiger partial charge >= 0.3 is 5.97 Å². The van der Waals surface area contributed by atoms with Crippen molar-refractivity contribution in [3.8, 4) is 0 Å².